The second-order valence-corrected chi connectivity index (χ2v) is 11.9. The number of pyridine rings is 1. The van der Waals surface area contributed by atoms with Crippen LogP contribution in [-0.2, 0) is 16.4 Å². The maximum absolute atomic E-state index is 13.3. The topological polar surface area (TPSA) is 127 Å². The van der Waals surface area contributed by atoms with Gasteiger partial charge < -0.3 is 19.9 Å². The van der Waals surface area contributed by atoms with Crippen LogP contribution >= 0.6 is 0 Å². The number of amides is 1. The van der Waals surface area contributed by atoms with E-state index < -0.39 is 44.9 Å². The minimum Gasteiger partial charge on any atom is -0.489 e. The van der Waals surface area contributed by atoms with E-state index in [2.05, 4.69) is 15.0 Å². The van der Waals surface area contributed by atoms with Crippen LogP contribution in [-0.4, -0.2) is 50.0 Å². The summed E-state index contributed by atoms with van der Waals surface area (Å²) in [5, 5.41) is 13.5. The van der Waals surface area contributed by atoms with Crippen LogP contribution in [0.5, 0.6) is 11.5 Å². The molecule has 0 unspecified atom stereocenters. The molecule has 1 aromatic heterocycles. The molecule has 4 aromatic rings. The Labute approximate surface area is 255 Å². The summed E-state index contributed by atoms with van der Waals surface area (Å²) >= 11 is 0. The number of aliphatic hydroxyl groups is 1. The van der Waals surface area contributed by atoms with Gasteiger partial charge in [0.05, 0.1) is 6.10 Å². The van der Waals surface area contributed by atoms with E-state index in [9.17, 15) is 35.9 Å². The van der Waals surface area contributed by atoms with Gasteiger partial charge in [0.1, 0.15) is 22.6 Å². The second-order valence-electron chi connectivity index (χ2n) is 10.2. The van der Waals surface area contributed by atoms with Crippen LogP contribution in [0.1, 0.15) is 34.0 Å². The van der Waals surface area contributed by atoms with E-state index >= 15 is 0 Å². The fourth-order valence-corrected chi connectivity index (χ4v) is 5.88. The molecule has 236 valence electrons. The van der Waals surface area contributed by atoms with Crippen molar-refractivity contribution < 1.29 is 45.4 Å². The summed E-state index contributed by atoms with van der Waals surface area (Å²) in [4.78, 5) is 15.5. The van der Waals surface area contributed by atoms with E-state index in [0.717, 1.165) is 42.0 Å². The van der Waals surface area contributed by atoms with E-state index in [4.69, 9.17) is 4.74 Å². The Balaban J connectivity index is 1.30. The number of nitrogens with one attached hydrogen (secondary N) is 2. The Bertz CT molecular complexity index is 1770. The number of hydrogen-bond acceptors (Lipinski definition) is 8. The quantitative estimate of drug-likeness (QED) is 0.208. The molecule has 0 bridgehead atoms. The minimum atomic E-state index is -5.23. The van der Waals surface area contributed by atoms with Gasteiger partial charge in [-0.25, -0.2) is 17.5 Å². The summed E-state index contributed by atoms with van der Waals surface area (Å²) < 4.78 is 90.8. The van der Waals surface area contributed by atoms with Crippen molar-refractivity contribution in [1.29, 1.82) is 0 Å². The number of nitrogens with zero attached hydrogens (tertiary/aromatic N) is 1. The maximum atomic E-state index is 13.3. The predicted molar refractivity (Wildman–Crippen MR) is 154 cm³/mol. The van der Waals surface area contributed by atoms with E-state index in [1.54, 1.807) is 47.4 Å². The molecule has 2 heterocycles. The van der Waals surface area contributed by atoms with Gasteiger partial charge in [0.25, 0.3) is 15.9 Å². The highest BCUT2D eigenvalue weighted by Crippen LogP contribution is 2.37. The number of fused-ring (bicyclic) bond motifs is 1. The normalized spacial score (nSPS) is 15.4. The molecule has 0 aliphatic carbocycles. The molecule has 1 amide bonds. The smallest absolute Gasteiger partial charge is 0.489 e. The molecular weight excluding hydrogens is 618 g/mol. The van der Waals surface area contributed by atoms with Crippen molar-refractivity contribution in [1.82, 2.24) is 15.0 Å². The predicted octanol–water partition coefficient (Wildman–Crippen LogP) is 4.92. The van der Waals surface area contributed by atoms with Crippen molar-refractivity contribution in [3.8, 4) is 22.6 Å². The highest BCUT2D eigenvalue weighted by Gasteiger charge is 2.35. The Morgan fingerprint density at radius 1 is 1.07 bits per heavy atom. The molecular formula is C31H27F4N3O6S. The van der Waals surface area contributed by atoms with Crippen LogP contribution < -0.4 is 19.5 Å². The lowest BCUT2D eigenvalue weighted by Crippen LogP contribution is -2.36. The Morgan fingerprint density at radius 2 is 1.80 bits per heavy atom. The van der Waals surface area contributed by atoms with Crippen LogP contribution in [0.2, 0.25) is 0 Å². The molecule has 3 aromatic carbocycles. The molecule has 0 saturated carbocycles. The van der Waals surface area contributed by atoms with E-state index in [1.807, 2.05) is 0 Å². The number of alkyl halides is 3. The van der Waals surface area contributed by atoms with Crippen LogP contribution in [0.25, 0.3) is 11.1 Å². The molecule has 3 N–H and O–H groups in total. The van der Waals surface area contributed by atoms with Gasteiger partial charge in [-0.15, -0.1) is 13.2 Å². The number of sulfonamides is 1. The zero-order valence-electron chi connectivity index (χ0n) is 23.4. The third-order valence-corrected chi connectivity index (χ3v) is 8.36. The number of aryl methyl sites for hydroxylation is 1. The van der Waals surface area contributed by atoms with Gasteiger partial charge in [-0.3, -0.25) is 9.78 Å². The average molecular weight is 646 g/mol. The lowest BCUT2D eigenvalue weighted by atomic mass is 9.97. The van der Waals surface area contributed by atoms with Crippen molar-refractivity contribution in [3.63, 3.8) is 0 Å². The van der Waals surface area contributed by atoms with Gasteiger partial charge in [0.15, 0.2) is 5.75 Å². The van der Waals surface area contributed by atoms with Gasteiger partial charge in [-0.2, -0.15) is 0 Å². The standard InChI is InChI=1S/C31H27F4N3O6S/c32-24-8-3-19(4-9-24)30(40)38-45(41,42)29-12-7-21(15-28(29)44-31(33,34)35)20-6-11-27-22(14-20)5-10-25(43-27)17-37-18-26(39)23-2-1-13-36-16-23/h1-4,6-9,11-16,25-26,37,39H,5,10,17-18H2,(H,38,40)/t25-,26+/m1/s1. The summed E-state index contributed by atoms with van der Waals surface area (Å²) in [6.07, 6.45) is -1.67. The lowest BCUT2D eigenvalue weighted by Gasteiger charge is -2.27. The number of carbonyl (C=O) groups excluding carboxylic acids is 1. The first-order valence-corrected chi connectivity index (χ1v) is 15.2. The molecule has 14 heteroatoms. The summed E-state index contributed by atoms with van der Waals surface area (Å²) in [5.41, 5.74) is 2.00. The molecule has 0 spiro atoms. The largest absolute Gasteiger partial charge is 0.573 e. The summed E-state index contributed by atoms with van der Waals surface area (Å²) in [5.74, 6) is -2.26. The highest BCUT2D eigenvalue weighted by molar-refractivity contribution is 7.90. The molecule has 0 radical (unpaired) electrons. The molecule has 9 nitrogen and oxygen atoms in total. The summed E-state index contributed by atoms with van der Waals surface area (Å²) in [7, 11) is -4.83. The summed E-state index contributed by atoms with van der Waals surface area (Å²) in [6, 6.07) is 15.6. The van der Waals surface area contributed by atoms with Gasteiger partial charge in [-0.1, -0.05) is 18.2 Å². The van der Waals surface area contributed by atoms with Crippen LogP contribution in [0.15, 0.2) is 90.1 Å². The first kappa shape index (κ1) is 31.9. The van der Waals surface area contributed by atoms with Crippen molar-refractivity contribution in [2.75, 3.05) is 13.1 Å². The molecule has 2 atom stereocenters. The number of carbonyl (C=O) groups is 1. The first-order valence-electron chi connectivity index (χ1n) is 13.7. The van der Waals surface area contributed by atoms with Crippen molar-refractivity contribution in [2.45, 2.75) is 36.3 Å². The van der Waals surface area contributed by atoms with E-state index in [-0.39, 0.29) is 17.2 Å². The van der Waals surface area contributed by atoms with Crippen molar-refractivity contribution >= 4 is 15.9 Å². The number of benzene rings is 3. The number of rotatable bonds is 10. The fraction of sp³-hybridized carbons (Fsp3) is 0.226. The zero-order valence-corrected chi connectivity index (χ0v) is 24.2. The average Bonchev–Trinajstić information content (AvgIpc) is 3.00. The summed E-state index contributed by atoms with van der Waals surface area (Å²) in [6.45, 7) is 0.783. The fourth-order valence-electron chi connectivity index (χ4n) is 4.79. The second kappa shape index (κ2) is 13.2. The third-order valence-electron chi connectivity index (χ3n) is 6.99. The Hall–Kier alpha value is -4.53. The van der Waals surface area contributed by atoms with Crippen LogP contribution in [0, 0.1) is 5.82 Å². The SMILES string of the molecule is O=C(NS(=O)(=O)c1ccc(-c2ccc3c(c2)CC[C@H](CNC[C@H](O)c2cccnc2)O3)cc1OC(F)(F)F)c1ccc(F)cc1. The Morgan fingerprint density at radius 3 is 2.51 bits per heavy atom. The number of ether oxygens (including phenoxy) is 2. The van der Waals surface area contributed by atoms with Crippen molar-refractivity contribution in [2.24, 2.45) is 0 Å². The van der Waals surface area contributed by atoms with Gasteiger partial charge >= 0.3 is 6.36 Å². The number of hydrogen-bond donors (Lipinski definition) is 3. The zero-order chi connectivity index (χ0) is 32.2. The third kappa shape index (κ3) is 8.15. The van der Waals surface area contributed by atoms with Crippen LogP contribution in [0.4, 0.5) is 17.6 Å². The monoisotopic (exact) mass is 645 g/mol. The maximum Gasteiger partial charge on any atom is 0.573 e. The van der Waals surface area contributed by atoms with Crippen molar-refractivity contribution in [3.05, 3.63) is 108 Å². The van der Waals surface area contributed by atoms with Crippen LogP contribution in [0.3, 0.4) is 0 Å². The first-order chi connectivity index (χ1) is 21.4. The molecule has 1 aliphatic rings. The molecule has 0 fully saturated rings. The molecule has 5 rings (SSSR count). The van der Waals surface area contributed by atoms with Gasteiger partial charge in [-0.05, 0) is 84.1 Å². The number of aromatic nitrogens is 1. The minimum absolute atomic E-state index is 0.175. The highest BCUT2D eigenvalue weighted by atomic mass is 32.2. The lowest BCUT2D eigenvalue weighted by molar-refractivity contribution is -0.275. The molecule has 45 heavy (non-hydrogen) atoms. The van der Waals surface area contributed by atoms with Gasteiger partial charge in [0, 0.05) is 36.6 Å². The number of halogens is 4. The molecule has 1 aliphatic heterocycles. The Kier molecular flexibility index (Phi) is 9.37. The number of aliphatic hydroxyl groups excluding tert-OH is 1. The van der Waals surface area contributed by atoms with E-state index in [1.165, 1.54) is 6.07 Å². The molecule has 0 saturated heterocycles. The van der Waals surface area contributed by atoms with Gasteiger partial charge in [0.2, 0.25) is 0 Å². The van der Waals surface area contributed by atoms with E-state index in [0.29, 0.717) is 42.8 Å².